The summed E-state index contributed by atoms with van der Waals surface area (Å²) in [5, 5.41) is 5.20. The number of benzene rings is 1. The Labute approximate surface area is 118 Å². The molecule has 0 saturated heterocycles. The van der Waals surface area contributed by atoms with Crippen LogP contribution in [0.15, 0.2) is 30.3 Å². The van der Waals surface area contributed by atoms with Gasteiger partial charge in [0.2, 0.25) is 0 Å². The second-order valence-corrected chi connectivity index (χ2v) is 5.53. The molecule has 0 aliphatic carbocycles. The van der Waals surface area contributed by atoms with E-state index in [2.05, 4.69) is 25.9 Å². The summed E-state index contributed by atoms with van der Waals surface area (Å²) in [7, 11) is 0. The largest absolute Gasteiger partial charge is 0.384 e. The van der Waals surface area contributed by atoms with Crippen molar-refractivity contribution >= 4 is 29.8 Å². The van der Waals surface area contributed by atoms with Gasteiger partial charge in [0.15, 0.2) is 0 Å². The van der Waals surface area contributed by atoms with E-state index in [4.69, 9.17) is 17.3 Å². The molecule has 0 aliphatic heterocycles. The van der Waals surface area contributed by atoms with Gasteiger partial charge in [-0.2, -0.15) is 5.10 Å². The molecule has 5 heteroatoms. The molecule has 2 rings (SSSR count). The van der Waals surface area contributed by atoms with Gasteiger partial charge in [0.05, 0.1) is 11.4 Å². The van der Waals surface area contributed by atoms with Crippen molar-refractivity contribution in [3.8, 4) is 5.69 Å². The van der Waals surface area contributed by atoms with E-state index in [-0.39, 0.29) is 17.8 Å². The number of nitrogens with two attached hydrogens (primary N) is 1. The highest BCUT2D eigenvalue weighted by Gasteiger charge is 2.19. The number of hydrogen-bond acceptors (Lipinski definition) is 2. The average molecular weight is 286 g/mol. The predicted molar refractivity (Wildman–Crippen MR) is 78.9 cm³/mol. The summed E-state index contributed by atoms with van der Waals surface area (Å²) in [6.07, 6.45) is 0. The molecule has 1 heterocycles. The Morgan fingerprint density at radius 3 is 2.39 bits per heavy atom. The highest BCUT2D eigenvalue weighted by Crippen LogP contribution is 2.25. The summed E-state index contributed by atoms with van der Waals surface area (Å²) >= 11 is 5.96. The Bertz CT molecular complexity index is 541. The molecule has 2 aromatic rings. The first kappa shape index (κ1) is 14.9. The Morgan fingerprint density at radius 2 is 1.89 bits per heavy atom. The minimum absolute atomic E-state index is 0. The lowest BCUT2D eigenvalue weighted by atomic mass is 9.92. The molecule has 3 nitrogen and oxygen atoms in total. The molecule has 0 unspecified atom stereocenters. The molecule has 0 amide bonds. The number of anilines is 1. The van der Waals surface area contributed by atoms with Gasteiger partial charge in [-0.1, -0.05) is 38.4 Å². The van der Waals surface area contributed by atoms with Crippen LogP contribution in [-0.4, -0.2) is 9.78 Å². The van der Waals surface area contributed by atoms with Crippen molar-refractivity contribution in [3.63, 3.8) is 0 Å². The molecule has 1 aromatic heterocycles. The molecule has 0 fully saturated rings. The van der Waals surface area contributed by atoms with Crippen molar-refractivity contribution in [2.24, 2.45) is 0 Å². The standard InChI is InChI=1S/C13H16ClN3.ClH/c1-13(2,3)11-8-12(15)17(16-11)10-6-4-5-9(14)7-10;/h4-8H,15H2,1-3H3;1H. The lowest BCUT2D eigenvalue weighted by Crippen LogP contribution is -2.12. The molecule has 0 radical (unpaired) electrons. The second-order valence-electron chi connectivity index (χ2n) is 5.10. The second kappa shape index (κ2) is 5.21. The van der Waals surface area contributed by atoms with Crippen molar-refractivity contribution in [1.29, 1.82) is 0 Å². The molecule has 0 atom stereocenters. The fourth-order valence-electron chi connectivity index (χ4n) is 1.58. The molecule has 0 bridgehead atoms. The van der Waals surface area contributed by atoms with Gasteiger partial charge in [-0.25, -0.2) is 4.68 Å². The zero-order valence-electron chi connectivity index (χ0n) is 10.6. The smallest absolute Gasteiger partial charge is 0.127 e. The van der Waals surface area contributed by atoms with E-state index in [0.717, 1.165) is 11.4 Å². The van der Waals surface area contributed by atoms with E-state index >= 15 is 0 Å². The summed E-state index contributed by atoms with van der Waals surface area (Å²) in [6.45, 7) is 6.32. The fraction of sp³-hybridized carbons (Fsp3) is 0.308. The third-order valence-electron chi connectivity index (χ3n) is 2.56. The van der Waals surface area contributed by atoms with Crippen LogP contribution in [0.5, 0.6) is 0 Å². The Kier molecular flexibility index (Phi) is 4.30. The Morgan fingerprint density at radius 1 is 1.22 bits per heavy atom. The highest BCUT2D eigenvalue weighted by atomic mass is 35.5. The summed E-state index contributed by atoms with van der Waals surface area (Å²) < 4.78 is 1.71. The number of aromatic nitrogens is 2. The number of rotatable bonds is 1. The molecule has 0 spiro atoms. The molecule has 0 aliphatic rings. The van der Waals surface area contributed by atoms with E-state index in [1.807, 2.05) is 30.3 Å². The molecule has 0 saturated carbocycles. The van der Waals surface area contributed by atoms with E-state index in [1.54, 1.807) is 4.68 Å². The lowest BCUT2D eigenvalue weighted by Gasteiger charge is -2.14. The highest BCUT2D eigenvalue weighted by molar-refractivity contribution is 6.30. The first-order chi connectivity index (χ1) is 7.88. The minimum atomic E-state index is -0.0159. The average Bonchev–Trinajstić information content (AvgIpc) is 2.60. The molecular formula is C13H17Cl2N3. The third kappa shape index (κ3) is 2.98. The monoisotopic (exact) mass is 285 g/mol. The van der Waals surface area contributed by atoms with Gasteiger partial charge in [-0.3, -0.25) is 0 Å². The van der Waals surface area contributed by atoms with Crippen LogP contribution in [0.3, 0.4) is 0 Å². The van der Waals surface area contributed by atoms with Crippen molar-refractivity contribution < 1.29 is 0 Å². The van der Waals surface area contributed by atoms with Gasteiger partial charge in [0.25, 0.3) is 0 Å². The number of hydrogen-bond donors (Lipinski definition) is 1. The van der Waals surface area contributed by atoms with Crippen LogP contribution < -0.4 is 5.73 Å². The maximum atomic E-state index is 5.98. The van der Waals surface area contributed by atoms with Crippen LogP contribution >= 0.6 is 24.0 Å². The SMILES string of the molecule is CC(C)(C)c1cc(N)n(-c2cccc(Cl)c2)n1.Cl. The molecule has 2 N–H and O–H groups in total. The first-order valence-electron chi connectivity index (χ1n) is 5.50. The molecule has 98 valence electrons. The summed E-state index contributed by atoms with van der Waals surface area (Å²) in [6, 6.07) is 9.39. The summed E-state index contributed by atoms with van der Waals surface area (Å²) in [5.74, 6) is 0.622. The van der Waals surface area contributed by atoms with Crippen LogP contribution in [0.4, 0.5) is 5.82 Å². The van der Waals surface area contributed by atoms with Crippen molar-refractivity contribution in [3.05, 3.63) is 41.0 Å². The molecule has 1 aromatic carbocycles. The van der Waals surface area contributed by atoms with Crippen molar-refractivity contribution in [2.45, 2.75) is 26.2 Å². The van der Waals surface area contributed by atoms with E-state index in [9.17, 15) is 0 Å². The lowest BCUT2D eigenvalue weighted by molar-refractivity contribution is 0.560. The fourth-order valence-corrected chi connectivity index (χ4v) is 1.76. The van der Waals surface area contributed by atoms with Gasteiger partial charge in [0.1, 0.15) is 5.82 Å². The van der Waals surface area contributed by atoms with Crippen LogP contribution in [0.1, 0.15) is 26.5 Å². The zero-order chi connectivity index (χ0) is 12.6. The number of halogens is 2. The van der Waals surface area contributed by atoms with E-state index in [0.29, 0.717) is 10.8 Å². The minimum Gasteiger partial charge on any atom is -0.384 e. The summed E-state index contributed by atoms with van der Waals surface area (Å²) in [5.41, 5.74) is 7.81. The molecular weight excluding hydrogens is 269 g/mol. The van der Waals surface area contributed by atoms with Crippen molar-refractivity contribution in [1.82, 2.24) is 9.78 Å². The van der Waals surface area contributed by atoms with Gasteiger partial charge in [-0.05, 0) is 18.2 Å². The quantitative estimate of drug-likeness (QED) is 0.865. The Hall–Kier alpha value is -1.19. The van der Waals surface area contributed by atoms with Gasteiger partial charge in [0, 0.05) is 16.5 Å². The first-order valence-corrected chi connectivity index (χ1v) is 5.88. The predicted octanol–water partition coefficient (Wildman–Crippen LogP) is 3.83. The topological polar surface area (TPSA) is 43.8 Å². The maximum Gasteiger partial charge on any atom is 0.127 e. The van der Waals surface area contributed by atoms with E-state index < -0.39 is 0 Å². The number of nitrogen functional groups attached to an aromatic ring is 1. The van der Waals surface area contributed by atoms with Gasteiger partial charge in [-0.15, -0.1) is 12.4 Å². The zero-order valence-corrected chi connectivity index (χ0v) is 12.2. The van der Waals surface area contributed by atoms with Crippen LogP contribution in [0.25, 0.3) is 5.69 Å². The Balaban J connectivity index is 0.00000162. The maximum absolute atomic E-state index is 5.98. The van der Waals surface area contributed by atoms with E-state index in [1.165, 1.54) is 0 Å². The van der Waals surface area contributed by atoms with Crippen LogP contribution in [-0.2, 0) is 5.41 Å². The van der Waals surface area contributed by atoms with Crippen molar-refractivity contribution in [2.75, 3.05) is 5.73 Å². The van der Waals surface area contributed by atoms with Crippen LogP contribution in [0, 0.1) is 0 Å². The number of nitrogens with zero attached hydrogens (tertiary/aromatic N) is 2. The van der Waals surface area contributed by atoms with Gasteiger partial charge >= 0.3 is 0 Å². The summed E-state index contributed by atoms with van der Waals surface area (Å²) in [4.78, 5) is 0. The molecule has 18 heavy (non-hydrogen) atoms. The van der Waals surface area contributed by atoms with Gasteiger partial charge < -0.3 is 5.73 Å². The normalized spacial score (nSPS) is 11.1. The van der Waals surface area contributed by atoms with Crippen LogP contribution in [0.2, 0.25) is 5.02 Å². The third-order valence-corrected chi connectivity index (χ3v) is 2.79.